The van der Waals surface area contributed by atoms with Crippen molar-refractivity contribution in [2.75, 3.05) is 13.2 Å². The molecule has 0 bridgehead atoms. The summed E-state index contributed by atoms with van der Waals surface area (Å²) >= 11 is 0. The minimum atomic E-state index is -4.00. The zero-order valence-electron chi connectivity index (χ0n) is 12.9. The summed E-state index contributed by atoms with van der Waals surface area (Å²) < 4.78 is 22.2. The van der Waals surface area contributed by atoms with Crippen LogP contribution in [0.2, 0.25) is 0 Å². The molecule has 0 spiro atoms. The highest BCUT2D eigenvalue weighted by atomic mass is 31.2. The van der Waals surface area contributed by atoms with Crippen molar-refractivity contribution in [1.29, 1.82) is 5.26 Å². The molecule has 128 valence electrons. The molecule has 1 rings (SSSR count). The summed E-state index contributed by atoms with van der Waals surface area (Å²) in [5, 5.41) is 22.9. The Kier molecular flexibility index (Phi) is 7.20. The van der Waals surface area contributed by atoms with Gasteiger partial charge in [0, 0.05) is 12.1 Å². The normalized spacial score (nSPS) is 11.6. The Labute approximate surface area is 137 Å². The lowest BCUT2D eigenvalue weighted by molar-refractivity contribution is -0.384. The first-order chi connectivity index (χ1) is 11.4. The third-order valence-electron chi connectivity index (χ3n) is 2.47. The number of nitriles is 1. The first-order valence-corrected chi connectivity index (χ1v) is 8.25. The largest absolute Gasteiger partial charge is 0.393 e. The summed E-state index contributed by atoms with van der Waals surface area (Å²) in [4.78, 5) is 26.4. The van der Waals surface area contributed by atoms with Gasteiger partial charge in [-0.25, -0.2) is 4.79 Å². The highest BCUT2D eigenvalue weighted by Gasteiger charge is 2.33. The van der Waals surface area contributed by atoms with Crippen molar-refractivity contribution in [3.05, 3.63) is 39.9 Å². The van der Waals surface area contributed by atoms with E-state index in [2.05, 4.69) is 9.99 Å². The molecule has 10 nitrogen and oxygen atoms in total. The van der Waals surface area contributed by atoms with Gasteiger partial charge in [0.05, 0.1) is 23.7 Å². The van der Waals surface area contributed by atoms with Crippen LogP contribution in [0.4, 0.5) is 5.69 Å². The number of benzene rings is 1. The van der Waals surface area contributed by atoms with E-state index < -0.39 is 23.9 Å². The maximum Gasteiger partial charge on any atom is 0.393 e. The van der Waals surface area contributed by atoms with E-state index in [1.54, 1.807) is 0 Å². The Morgan fingerprint density at radius 3 is 2.50 bits per heavy atom. The summed E-state index contributed by atoms with van der Waals surface area (Å²) in [7, 11) is -4.00. The predicted molar refractivity (Wildman–Crippen MR) is 82.4 cm³/mol. The molecule has 0 unspecified atom stereocenters. The summed E-state index contributed by atoms with van der Waals surface area (Å²) in [5.74, 6) is -1.06. The molecule has 0 heterocycles. The van der Waals surface area contributed by atoms with Crippen molar-refractivity contribution in [2.24, 2.45) is 5.16 Å². The lowest BCUT2D eigenvalue weighted by atomic mass is 10.2. The maximum atomic E-state index is 12.4. The highest BCUT2D eigenvalue weighted by Crippen LogP contribution is 2.49. The van der Waals surface area contributed by atoms with Crippen LogP contribution in [0.3, 0.4) is 0 Å². The second kappa shape index (κ2) is 8.88. The average molecular weight is 355 g/mol. The standard InChI is InChI=1S/C13H14N3O7P/c1-3-21-24(20,22-4-2)12(9-14)15-23-13(17)10-6-5-7-11(8-10)16(18)19/h5-8H,3-4H2,1-2H3/b15-12-. The van der Waals surface area contributed by atoms with Gasteiger partial charge in [-0.2, -0.15) is 5.26 Å². The van der Waals surface area contributed by atoms with Gasteiger partial charge >= 0.3 is 13.6 Å². The summed E-state index contributed by atoms with van der Waals surface area (Å²) in [6.45, 7) is 3.04. The predicted octanol–water partition coefficient (Wildman–Crippen LogP) is 2.85. The third kappa shape index (κ3) is 4.96. The average Bonchev–Trinajstić information content (AvgIpc) is 2.55. The monoisotopic (exact) mass is 355 g/mol. The van der Waals surface area contributed by atoms with E-state index in [4.69, 9.17) is 14.3 Å². The molecule has 0 aliphatic rings. The first kappa shape index (κ1) is 19.4. The van der Waals surface area contributed by atoms with Gasteiger partial charge in [-0.1, -0.05) is 11.2 Å². The third-order valence-corrected chi connectivity index (χ3v) is 4.36. The van der Waals surface area contributed by atoms with Crippen molar-refractivity contribution in [1.82, 2.24) is 0 Å². The van der Waals surface area contributed by atoms with Crippen LogP contribution >= 0.6 is 7.60 Å². The fourth-order valence-electron chi connectivity index (χ4n) is 1.51. The van der Waals surface area contributed by atoms with Gasteiger partial charge in [0.25, 0.3) is 11.1 Å². The molecular weight excluding hydrogens is 341 g/mol. The molecule has 1 aromatic carbocycles. The van der Waals surface area contributed by atoms with Gasteiger partial charge in [-0.05, 0) is 19.9 Å². The summed E-state index contributed by atoms with van der Waals surface area (Å²) in [6, 6.07) is 6.23. The quantitative estimate of drug-likeness (QED) is 0.228. The molecule has 0 amide bonds. The van der Waals surface area contributed by atoms with Gasteiger partial charge < -0.3 is 13.9 Å². The number of carbonyl (C=O) groups is 1. The number of rotatable bonds is 8. The van der Waals surface area contributed by atoms with E-state index in [1.807, 2.05) is 0 Å². The van der Waals surface area contributed by atoms with Gasteiger partial charge in [0.15, 0.2) is 0 Å². The van der Waals surface area contributed by atoms with E-state index in [9.17, 15) is 19.5 Å². The van der Waals surface area contributed by atoms with Crippen molar-refractivity contribution >= 4 is 24.7 Å². The summed E-state index contributed by atoms with van der Waals surface area (Å²) in [6.07, 6.45) is 0. The van der Waals surface area contributed by atoms with E-state index in [0.717, 1.165) is 6.07 Å². The topological polar surface area (TPSA) is 141 Å². The molecule has 0 radical (unpaired) electrons. The van der Waals surface area contributed by atoms with Crippen molar-refractivity contribution in [3.63, 3.8) is 0 Å². The second-order valence-corrected chi connectivity index (χ2v) is 5.98. The molecule has 0 aromatic heterocycles. The molecule has 0 saturated heterocycles. The Morgan fingerprint density at radius 1 is 1.38 bits per heavy atom. The molecule has 1 aromatic rings. The first-order valence-electron chi connectivity index (χ1n) is 6.71. The Balaban J connectivity index is 3.01. The van der Waals surface area contributed by atoms with Crippen LogP contribution in [-0.4, -0.2) is 29.6 Å². The van der Waals surface area contributed by atoms with Crippen LogP contribution < -0.4 is 0 Å². The number of nitrogens with zero attached hydrogens (tertiary/aromatic N) is 3. The van der Waals surface area contributed by atoms with Crippen LogP contribution in [0.5, 0.6) is 0 Å². The minimum absolute atomic E-state index is 0.0171. The fraction of sp³-hybridized carbons (Fsp3) is 0.308. The number of nitro groups is 1. The number of hydrogen-bond acceptors (Lipinski definition) is 9. The van der Waals surface area contributed by atoms with Crippen LogP contribution in [0.1, 0.15) is 24.2 Å². The molecule has 0 aliphatic heterocycles. The smallest absolute Gasteiger partial charge is 0.311 e. The fourth-order valence-corrected chi connectivity index (χ4v) is 2.78. The molecule has 11 heteroatoms. The maximum absolute atomic E-state index is 12.4. The number of carbonyl (C=O) groups excluding carboxylic acids is 1. The van der Waals surface area contributed by atoms with Gasteiger partial charge in [0.2, 0.25) is 0 Å². The molecular formula is C13H14N3O7P. The Morgan fingerprint density at radius 2 is 2.00 bits per heavy atom. The molecule has 0 atom stereocenters. The van der Waals surface area contributed by atoms with Crippen molar-refractivity contribution in [3.8, 4) is 6.07 Å². The van der Waals surface area contributed by atoms with Crippen molar-refractivity contribution < 1.29 is 28.2 Å². The lowest BCUT2D eigenvalue weighted by Crippen LogP contribution is -2.08. The molecule has 0 aliphatic carbocycles. The van der Waals surface area contributed by atoms with Gasteiger partial charge in [-0.3, -0.25) is 14.7 Å². The van der Waals surface area contributed by atoms with Gasteiger partial charge in [-0.15, -0.1) is 0 Å². The van der Waals surface area contributed by atoms with E-state index in [0.29, 0.717) is 0 Å². The number of nitro benzene ring substituents is 1. The minimum Gasteiger partial charge on any atom is -0.311 e. The molecule has 0 saturated carbocycles. The van der Waals surface area contributed by atoms with Crippen LogP contribution in [0.25, 0.3) is 0 Å². The highest BCUT2D eigenvalue weighted by molar-refractivity contribution is 7.73. The van der Waals surface area contributed by atoms with Crippen molar-refractivity contribution in [2.45, 2.75) is 13.8 Å². The molecule has 0 N–H and O–H groups in total. The summed E-state index contributed by atoms with van der Waals surface area (Å²) in [5.41, 5.74) is -1.21. The van der Waals surface area contributed by atoms with Crippen LogP contribution in [-0.2, 0) is 18.5 Å². The molecule has 24 heavy (non-hydrogen) atoms. The Hall–Kier alpha value is -2.60. The Bertz CT molecular complexity index is 731. The number of oxime groups is 1. The second-order valence-electron chi connectivity index (χ2n) is 4.05. The molecule has 0 fully saturated rings. The van der Waals surface area contributed by atoms with E-state index in [1.165, 1.54) is 38.1 Å². The SMILES string of the molecule is CCOP(=O)(OCC)/C(C#N)=N\OC(=O)c1cccc([N+](=O)[O-])c1. The number of non-ortho nitro benzene ring substituents is 1. The van der Waals surface area contributed by atoms with E-state index in [-0.39, 0.29) is 24.5 Å². The zero-order valence-corrected chi connectivity index (χ0v) is 13.8. The zero-order chi connectivity index (χ0) is 18.2. The van der Waals surface area contributed by atoms with Crippen LogP contribution in [0, 0.1) is 21.4 Å². The van der Waals surface area contributed by atoms with Gasteiger partial charge in [0.1, 0.15) is 6.07 Å². The van der Waals surface area contributed by atoms with Crippen LogP contribution in [0.15, 0.2) is 29.4 Å². The number of hydrogen-bond donors (Lipinski definition) is 0. The van der Waals surface area contributed by atoms with E-state index >= 15 is 0 Å². The lowest BCUT2D eigenvalue weighted by Gasteiger charge is -2.13.